The van der Waals surface area contributed by atoms with Gasteiger partial charge in [0, 0.05) is 50.9 Å². The van der Waals surface area contributed by atoms with Gasteiger partial charge in [-0.15, -0.1) is 0 Å². The minimum absolute atomic E-state index is 0.0674. The molecule has 266 valence electrons. The molecule has 2 aromatic rings. The van der Waals surface area contributed by atoms with E-state index in [1.165, 1.54) is 0 Å². The summed E-state index contributed by atoms with van der Waals surface area (Å²) in [6.45, 7) is 19.0. The second-order valence-corrected chi connectivity index (χ2v) is 15.4. The normalized spacial score (nSPS) is 19.6. The van der Waals surface area contributed by atoms with Crippen LogP contribution in [0.2, 0.25) is 0 Å². The van der Waals surface area contributed by atoms with E-state index in [2.05, 4.69) is 24.3 Å². The van der Waals surface area contributed by atoms with Crippen molar-refractivity contribution in [2.45, 2.75) is 110 Å². The molecule has 3 aliphatic rings. The second kappa shape index (κ2) is 14.4. The molecule has 14 nitrogen and oxygen atoms in total. The zero-order chi connectivity index (χ0) is 34.8. The van der Waals surface area contributed by atoms with Crippen LogP contribution in [0.15, 0.2) is 12.3 Å². The molecule has 5 rings (SSSR count). The fourth-order valence-corrected chi connectivity index (χ4v) is 6.00. The summed E-state index contributed by atoms with van der Waals surface area (Å²) in [5.41, 5.74) is 0.179. The van der Waals surface area contributed by atoms with Crippen LogP contribution in [0, 0.1) is 5.92 Å². The van der Waals surface area contributed by atoms with Crippen LogP contribution in [0.5, 0.6) is 5.88 Å². The maximum absolute atomic E-state index is 13.9. The lowest BCUT2D eigenvalue weighted by Gasteiger charge is -2.36. The van der Waals surface area contributed by atoms with Gasteiger partial charge in [0.2, 0.25) is 5.88 Å². The van der Waals surface area contributed by atoms with Gasteiger partial charge in [0.15, 0.2) is 5.65 Å². The average Bonchev–Trinajstić information content (AvgIpc) is 3.40. The molecule has 14 heteroatoms. The Kier molecular flexibility index (Phi) is 10.6. The molecule has 0 aromatic carbocycles. The monoisotopic (exact) mass is 671 g/mol. The Hall–Kier alpha value is -3.81. The SMILES string of the molecule is CC(C)c1cnn2c(N(CC3CCN(C(=O)OC4CNC4)CC3)C(=O)OC(C)(C)C)cc(O[C@@H]3CCCN(C(=O)OC(C)(C)C)C3)nc12. The number of carbonyl (C=O) groups is 3. The second-order valence-electron chi connectivity index (χ2n) is 15.4. The first-order valence-electron chi connectivity index (χ1n) is 17.3. The Morgan fingerprint density at radius 2 is 1.62 bits per heavy atom. The fourth-order valence-electron chi connectivity index (χ4n) is 6.00. The summed E-state index contributed by atoms with van der Waals surface area (Å²) < 4.78 is 25.3. The van der Waals surface area contributed by atoms with Gasteiger partial charge in [0.1, 0.15) is 29.2 Å². The molecule has 1 atom stereocenters. The summed E-state index contributed by atoms with van der Waals surface area (Å²) in [4.78, 5) is 49.4. The van der Waals surface area contributed by atoms with E-state index < -0.39 is 17.3 Å². The number of amides is 3. The van der Waals surface area contributed by atoms with Crippen LogP contribution in [0.3, 0.4) is 0 Å². The predicted octanol–water partition coefficient (Wildman–Crippen LogP) is 5.19. The third kappa shape index (κ3) is 9.00. The molecule has 0 spiro atoms. The van der Waals surface area contributed by atoms with Crippen LogP contribution in [-0.4, -0.2) is 112 Å². The first kappa shape index (κ1) is 35.5. The van der Waals surface area contributed by atoms with E-state index in [-0.39, 0.29) is 36.2 Å². The largest absolute Gasteiger partial charge is 0.472 e. The lowest BCUT2D eigenvalue weighted by atomic mass is 9.96. The molecule has 3 amide bonds. The van der Waals surface area contributed by atoms with Crippen LogP contribution in [0.4, 0.5) is 20.2 Å². The van der Waals surface area contributed by atoms with Gasteiger partial charge in [0.05, 0.1) is 12.7 Å². The molecule has 0 bridgehead atoms. The zero-order valence-corrected chi connectivity index (χ0v) is 29.8. The highest BCUT2D eigenvalue weighted by Crippen LogP contribution is 2.31. The lowest BCUT2D eigenvalue weighted by Crippen LogP contribution is -2.52. The van der Waals surface area contributed by atoms with Crippen molar-refractivity contribution in [3.63, 3.8) is 0 Å². The van der Waals surface area contributed by atoms with Gasteiger partial charge in [-0.05, 0) is 79.1 Å². The molecule has 2 aromatic heterocycles. The third-order valence-electron chi connectivity index (χ3n) is 8.61. The summed E-state index contributed by atoms with van der Waals surface area (Å²) in [5.74, 6) is 1.04. The van der Waals surface area contributed by atoms with E-state index in [4.69, 9.17) is 23.9 Å². The quantitative estimate of drug-likeness (QED) is 0.391. The van der Waals surface area contributed by atoms with Gasteiger partial charge in [0.25, 0.3) is 0 Å². The topological polar surface area (TPSA) is 140 Å². The molecule has 3 fully saturated rings. The third-order valence-corrected chi connectivity index (χ3v) is 8.61. The number of carbonyl (C=O) groups excluding carboxylic acids is 3. The highest BCUT2D eigenvalue weighted by Gasteiger charge is 2.34. The Bertz CT molecular complexity index is 1450. The van der Waals surface area contributed by atoms with Gasteiger partial charge in [-0.2, -0.15) is 14.6 Å². The molecule has 0 radical (unpaired) electrons. The maximum Gasteiger partial charge on any atom is 0.416 e. The highest BCUT2D eigenvalue weighted by atomic mass is 16.6. The van der Waals surface area contributed by atoms with Crippen LogP contribution >= 0.6 is 0 Å². The van der Waals surface area contributed by atoms with Crippen molar-refractivity contribution in [1.82, 2.24) is 29.7 Å². The minimum Gasteiger partial charge on any atom is -0.472 e. The van der Waals surface area contributed by atoms with Gasteiger partial charge in [-0.25, -0.2) is 14.4 Å². The van der Waals surface area contributed by atoms with Crippen molar-refractivity contribution in [2.24, 2.45) is 5.92 Å². The van der Waals surface area contributed by atoms with Gasteiger partial charge in [-0.1, -0.05) is 13.8 Å². The van der Waals surface area contributed by atoms with Gasteiger partial charge >= 0.3 is 18.3 Å². The van der Waals surface area contributed by atoms with E-state index in [9.17, 15) is 14.4 Å². The number of likely N-dealkylation sites (tertiary alicyclic amines) is 2. The number of piperidine rings is 2. The summed E-state index contributed by atoms with van der Waals surface area (Å²) in [5, 5.41) is 7.79. The number of nitrogens with one attached hydrogen (secondary N) is 1. The molecule has 0 aliphatic carbocycles. The van der Waals surface area contributed by atoms with E-state index in [1.807, 2.05) is 41.5 Å². The maximum atomic E-state index is 13.9. The number of hydrogen-bond donors (Lipinski definition) is 1. The molecule has 3 aliphatic heterocycles. The molecular weight excluding hydrogens is 618 g/mol. The molecule has 0 unspecified atom stereocenters. The number of anilines is 1. The summed E-state index contributed by atoms with van der Waals surface area (Å²) in [6, 6.07) is 1.74. The first-order valence-corrected chi connectivity index (χ1v) is 17.3. The number of aromatic nitrogens is 3. The Balaban J connectivity index is 1.40. The van der Waals surface area contributed by atoms with Crippen molar-refractivity contribution in [1.29, 1.82) is 0 Å². The van der Waals surface area contributed by atoms with Gasteiger partial charge < -0.3 is 34.1 Å². The van der Waals surface area contributed by atoms with Crippen LogP contribution in [-0.2, 0) is 14.2 Å². The predicted molar refractivity (Wildman–Crippen MR) is 180 cm³/mol. The van der Waals surface area contributed by atoms with E-state index in [0.717, 1.165) is 18.4 Å². The zero-order valence-electron chi connectivity index (χ0n) is 29.8. The molecule has 0 saturated carbocycles. The van der Waals surface area contributed by atoms with Crippen LogP contribution in [0.25, 0.3) is 5.65 Å². The fraction of sp³-hybridized carbons (Fsp3) is 0.735. The Labute approximate surface area is 283 Å². The summed E-state index contributed by atoms with van der Waals surface area (Å²) in [7, 11) is 0. The number of ether oxygens (including phenoxy) is 4. The molecule has 5 heterocycles. The lowest BCUT2D eigenvalue weighted by molar-refractivity contribution is 0.00719. The van der Waals surface area contributed by atoms with Crippen molar-refractivity contribution >= 4 is 29.7 Å². The minimum atomic E-state index is -0.731. The number of rotatable bonds is 7. The molecule has 1 N–H and O–H groups in total. The number of nitrogens with zero attached hydrogens (tertiary/aromatic N) is 6. The molecular formula is C34H53N7O7. The van der Waals surface area contributed by atoms with Crippen molar-refractivity contribution < 1.29 is 33.3 Å². The molecule has 3 saturated heterocycles. The van der Waals surface area contributed by atoms with Crippen LogP contribution < -0.4 is 15.0 Å². The smallest absolute Gasteiger partial charge is 0.416 e. The van der Waals surface area contributed by atoms with E-state index in [1.54, 1.807) is 31.5 Å². The standard InChI is InChI=1S/C34H53N7O7/c1-22(2)26-19-36-41-28(16-27(37-29(26)41)45-24-10-9-13-39(21-24)31(43)47-33(3,4)5)40(32(44)48-34(6,7)8)20-23-11-14-38(15-12-23)30(42)46-25-17-35-18-25/h16,19,22-25,35H,9-15,17-18,20-21H2,1-8H3/t24-/m1/s1. The Morgan fingerprint density at radius 1 is 0.938 bits per heavy atom. The number of fused-ring (bicyclic) bond motifs is 1. The average molecular weight is 672 g/mol. The number of hydrogen-bond acceptors (Lipinski definition) is 10. The van der Waals surface area contributed by atoms with Crippen LogP contribution in [0.1, 0.15) is 92.6 Å². The van der Waals surface area contributed by atoms with E-state index in [0.29, 0.717) is 76.0 Å². The summed E-state index contributed by atoms with van der Waals surface area (Å²) >= 11 is 0. The van der Waals surface area contributed by atoms with E-state index >= 15 is 0 Å². The first-order chi connectivity index (χ1) is 22.6. The highest BCUT2D eigenvalue weighted by molar-refractivity contribution is 5.87. The van der Waals surface area contributed by atoms with Crippen molar-refractivity contribution in [2.75, 3.05) is 50.7 Å². The molecule has 48 heavy (non-hydrogen) atoms. The van der Waals surface area contributed by atoms with Crippen molar-refractivity contribution in [3.05, 3.63) is 17.8 Å². The van der Waals surface area contributed by atoms with Gasteiger partial charge in [-0.3, -0.25) is 4.90 Å². The van der Waals surface area contributed by atoms with Crippen molar-refractivity contribution in [3.8, 4) is 5.88 Å². The Morgan fingerprint density at radius 3 is 2.23 bits per heavy atom. The summed E-state index contributed by atoms with van der Waals surface area (Å²) in [6.07, 6.45) is 3.15.